The normalized spacial score (nSPS) is 12.1. The minimum atomic E-state index is -0.631. The average Bonchev–Trinajstić information content (AvgIpc) is 2.73. The molecular weight excluding hydrogens is 394 g/mol. The molecule has 0 unspecified atom stereocenters. The summed E-state index contributed by atoms with van der Waals surface area (Å²) in [7, 11) is 4.93. The van der Waals surface area contributed by atoms with Crippen molar-refractivity contribution in [1.82, 2.24) is 4.90 Å². The maximum absolute atomic E-state index is 10.5. The first-order chi connectivity index (χ1) is 14.0. The van der Waals surface area contributed by atoms with Crippen LogP contribution in [-0.2, 0) is 11.3 Å². The van der Waals surface area contributed by atoms with Gasteiger partial charge in [0.25, 0.3) is 0 Å². The van der Waals surface area contributed by atoms with Crippen molar-refractivity contribution >= 4 is 11.6 Å². The molecule has 0 radical (unpaired) electrons. The zero-order valence-corrected chi connectivity index (χ0v) is 18.0. The number of methoxy groups -OCH3 is 3. The van der Waals surface area contributed by atoms with Crippen molar-refractivity contribution in [3.63, 3.8) is 0 Å². The van der Waals surface area contributed by atoms with Gasteiger partial charge in [0.15, 0.2) is 11.5 Å². The number of hydrogen-bond donors (Lipinski definition) is 1. The van der Waals surface area contributed by atoms with E-state index in [2.05, 4.69) is 4.90 Å². The second-order valence-corrected chi connectivity index (χ2v) is 7.13. The van der Waals surface area contributed by atoms with Gasteiger partial charge in [0, 0.05) is 38.4 Å². The summed E-state index contributed by atoms with van der Waals surface area (Å²) in [6, 6.07) is 12.9. The zero-order chi connectivity index (χ0) is 21.1. The highest BCUT2D eigenvalue weighted by Gasteiger charge is 2.14. The Hall–Kier alpha value is -1.99. The number of hydrogen-bond acceptors (Lipinski definition) is 6. The number of nitrogens with zero attached hydrogens (tertiary/aromatic N) is 1. The molecule has 0 fully saturated rings. The van der Waals surface area contributed by atoms with Crippen LogP contribution in [0.25, 0.3) is 0 Å². The van der Waals surface area contributed by atoms with Crippen molar-refractivity contribution in [1.29, 1.82) is 0 Å². The number of ether oxygens (including phenoxy) is 4. The molecule has 0 spiro atoms. The Balaban J connectivity index is 1.96. The Morgan fingerprint density at radius 2 is 1.72 bits per heavy atom. The summed E-state index contributed by atoms with van der Waals surface area (Å²) in [6.07, 6.45) is 0.238. The molecule has 0 saturated carbocycles. The number of rotatable bonds is 13. The molecule has 160 valence electrons. The minimum Gasteiger partial charge on any atom is -0.493 e. The van der Waals surface area contributed by atoms with Crippen molar-refractivity contribution < 1.29 is 24.1 Å². The van der Waals surface area contributed by atoms with E-state index in [-0.39, 0.29) is 6.61 Å². The highest BCUT2D eigenvalue weighted by Crippen LogP contribution is 2.28. The second-order valence-electron chi connectivity index (χ2n) is 6.69. The van der Waals surface area contributed by atoms with E-state index in [1.165, 1.54) is 0 Å². The summed E-state index contributed by atoms with van der Waals surface area (Å²) in [4.78, 5) is 2.18. The van der Waals surface area contributed by atoms with Crippen LogP contribution in [0.4, 0.5) is 0 Å². The Labute approximate surface area is 177 Å². The van der Waals surface area contributed by atoms with Crippen LogP contribution in [0.2, 0.25) is 5.02 Å². The van der Waals surface area contributed by atoms with E-state index in [9.17, 15) is 5.11 Å². The van der Waals surface area contributed by atoms with Gasteiger partial charge in [-0.1, -0.05) is 17.7 Å². The van der Waals surface area contributed by atoms with Crippen molar-refractivity contribution in [2.75, 3.05) is 47.6 Å². The number of benzene rings is 2. The Morgan fingerprint density at radius 3 is 2.38 bits per heavy atom. The van der Waals surface area contributed by atoms with Crippen LogP contribution < -0.4 is 14.2 Å². The molecule has 1 N–H and O–H groups in total. The highest BCUT2D eigenvalue weighted by molar-refractivity contribution is 6.30. The van der Waals surface area contributed by atoms with E-state index in [4.69, 9.17) is 30.5 Å². The lowest BCUT2D eigenvalue weighted by Crippen LogP contribution is -2.36. The standard InChI is InChI=1S/C22H30ClNO5/c1-26-12-4-11-24(14-17-5-10-21(27-2)22(13-17)28-3)15-19(25)16-29-20-8-6-18(23)7-9-20/h5-10,13,19,25H,4,11-12,14-16H2,1-3H3/t19-/m0/s1. The third-order valence-electron chi connectivity index (χ3n) is 4.40. The lowest BCUT2D eigenvalue weighted by atomic mass is 10.1. The smallest absolute Gasteiger partial charge is 0.161 e. The van der Waals surface area contributed by atoms with E-state index < -0.39 is 6.10 Å². The molecule has 0 saturated heterocycles. The van der Waals surface area contributed by atoms with Crippen LogP contribution in [-0.4, -0.2) is 63.7 Å². The fourth-order valence-corrected chi connectivity index (χ4v) is 3.10. The third kappa shape index (κ3) is 8.11. The van der Waals surface area contributed by atoms with Gasteiger partial charge >= 0.3 is 0 Å². The molecule has 6 nitrogen and oxygen atoms in total. The fourth-order valence-electron chi connectivity index (χ4n) is 2.98. The van der Waals surface area contributed by atoms with Crippen molar-refractivity contribution in [2.24, 2.45) is 0 Å². The molecule has 2 aromatic rings. The molecular formula is C22H30ClNO5. The molecule has 7 heteroatoms. The molecule has 2 rings (SSSR count). The highest BCUT2D eigenvalue weighted by atomic mass is 35.5. The number of halogens is 1. The molecule has 1 atom stereocenters. The van der Waals surface area contributed by atoms with Gasteiger partial charge in [-0.15, -0.1) is 0 Å². The van der Waals surface area contributed by atoms with Gasteiger partial charge in [-0.05, 0) is 48.4 Å². The summed E-state index contributed by atoms with van der Waals surface area (Å²) in [5.41, 5.74) is 1.07. The largest absolute Gasteiger partial charge is 0.493 e. The predicted octanol–water partition coefficient (Wildman–Crippen LogP) is 3.64. The third-order valence-corrected chi connectivity index (χ3v) is 4.65. The molecule has 0 bridgehead atoms. The SMILES string of the molecule is COCCCN(Cc1ccc(OC)c(OC)c1)C[C@H](O)COc1ccc(Cl)cc1. The van der Waals surface area contributed by atoms with E-state index in [0.29, 0.717) is 42.0 Å². The number of aliphatic hydroxyl groups excluding tert-OH is 1. The fraction of sp³-hybridized carbons (Fsp3) is 0.455. The van der Waals surface area contributed by atoms with Gasteiger partial charge in [-0.25, -0.2) is 0 Å². The first-order valence-electron chi connectivity index (χ1n) is 9.54. The monoisotopic (exact) mass is 423 g/mol. The molecule has 2 aromatic carbocycles. The average molecular weight is 424 g/mol. The molecule has 0 aromatic heterocycles. The van der Waals surface area contributed by atoms with Crippen LogP contribution in [0.3, 0.4) is 0 Å². The summed E-state index contributed by atoms with van der Waals surface area (Å²) in [5.74, 6) is 2.06. The van der Waals surface area contributed by atoms with Crippen LogP contribution in [0.5, 0.6) is 17.2 Å². The summed E-state index contributed by atoms with van der Waals surface area (Å²) < 4.78 is 21.5. The predicted molar refractivity (Wildman–Crippen MR) is 114 cm³/mol. The lowest BCUT2D eigenvalue weighted by Gasteiger charge is -2.25. The van der Waals surface area contributed by atoms with Crippen LogP contribution in [0.1, 0.15) is 12.0 Å². The second kappa shape index (κ2) is 12.5. The van der Waals surface area contributed by atoms with Crippen LogP contribution in [0, 0.1) is 0 Å². The van der Waals surface area contributed by atoms with Gasteiger partial charge in [0.05, 0.1) is 14.2 Å². The molecule has 0 aliphatic carbocycles. The first kappa shape index (κ1) is 23.3. The quantitative estimate of drug-likeness (QED) is 0.496. The van der Waals surface area contributed by atoms with Crippen molar-refractivity contribution in [3.05, 3.63) is 53.1 Å². The van der Waals surface area contributed by atoms with Crippen molar-refractivity contribution in [2.45, 2.75) is 19.1 Å². The van der Waals surface area contributed by atoms with Gasteiger partial charge in [0.1, 0.15) is 18.5 Å². The van der Waals surface area contributed by atoms with Gasteiger partial charge in [0.2, 0.25) is 0 Å². The van der Waals surface area contributed by atoms with E-state index in [0.717, 1.165) is 18.5 Å². The van der Waals surface area contributed by atoms with Gasteiger partial charge in [-0.2, -0.15) is 0 Å². The lowest BCUT2D eigenvalue weighted by molar-refractivity contribution is 0.0617. The zero-order valence-electron chi connectivity index (χ0n) is 17.3. The van der Waals surface area contributed by atoms with Gasteiger partial charge < -0.3 is 24.1 Å². The Kier molecular flexibility index (Phi) is 10.1. The maximum atomic E-state index is 10.5. The van der Waals surface area contributed by atoms with Crippen LogP contribution in [0.15, 0.2) is 42.5 Å². The summed E-state index contributed by atoms with van der Waals surface area (Å²) >= 11 is 5.88. The minimum absolute atomic E-state index is 0.203. The Bertz CT molecular complexity index is 726. The number of aliphatic hydroxyl groups is 1. The van der Waals surface area contributed by atoms with Gasteiger partial charge in [-0.3, -0.25) is 4.90 Å². The topological polar surface area (TPSA) is 60.4 Å². The maximum Gasteiger partial charge on any atom is 0.161 e. The summed E-state index contributed by atoms with van der Waals surface area (Å²) in [6.45, 7) is 2.81. The van der Waals surface area contributed by atoms with E-state index in [1.54, 1.807) is 45.6 Å². The molecule has 0 aliphatic heterocycles. The van der Waals surface area contributed by atoms with Crippen LogP contribution >= 0.6 is 11.6 Å². The van der Waals surface area contributed by atoms with E-state index >= 15 is 0 Å². The summed E-state index contributed by atoms with van der Waals surface area (Å²) in [5, 5.41) is 11.1. The van der Waals surface area contributed by atoms with Crippen molar-refractivity contribution in [3.8, 4) is 17.2 Å². The van der Waals surface area contributed by atoms with E-state index in [1.807, 2.05) is 18.2 Å². The molecule has 29 heavy (non-hydrogen) atoms. The Morgan fingerprint density at radius 1 is 1.00 bits per heavy atom. The molecule has 0 heterocycles. The first-order valence-corrected chi connectivity index (χ1v) is 9.92. The molecule has 0 aliphatic rings. The molecule has 0 amide bonds.